The van der Waals surface area contributed by atoms with Crippen molar-refractivity contribution in [1.82, 2.24) is 10.6 Å². The highest BCUT2D eigenvalue weighted by molar-refractivity contribution is 5.87. The molecule has 0 bridgehead atoms. The maximum atomic E-state index is 11.4. The molecule has 4 heteroatoms. The van der Waals surface area contributed by atoms with Crippen molar-refractivity contribution in [3.05, 3.63) is 12.2 Å². The zero-order valence-corrected chi connectivity index (χ0v) is 10.5. The maximum Gasteiger partial charge on any atom is 0.243 e. The molecule has 0 aromatic heterocycles. The van der Waals surface area contributed by atoms with Crippen LogP contribution in [0.4, 0.5) is 0 Å². The number of nitrogens with one attached hydrogen (secondary N) is 2. The van der Waals surface area contributed by atoms with Gasteiger partial charge in [0.1, 0.15) is 0 Å². The summed E-state index contributed by atoms with van der Waals surface area (Å²) in [6.45, 7) is 8.14. The van der Waals surface area contributed by atoms with Crippen molar-refractivity contribution < 1.29 is 4.79 Å². The van der Waals surface area contributed by atoms with E-state index in [1.54, 1.807) is 6.08 Å². The van der Waals surface area contributed by atoms with Gasteiger partial charge in [0, 0.05) is 12.6 Å². The topological polar surface area (TPSA) is 41.1 Å². The minimum Gasteiger partial charge on any atom is -0.349 e. The lowest BCUT2D eigenvalue weighted by Crippen LogP contribution is -2.35. The largest absolute Gasteiger partial charge is 0.349 e. The molecule has 1 saturated heterocycles. The van der Waals surface area contributed by atoms with Gasteiger partial charge in [0.25, 0.3) is 0 Å². The number of amides is 1. The van der Waals surface area contributed by atoms with Crippen molar-refractivity contribution in [3.63, 3.8) is 0 Å². The van der Waals surface area contributed by atoms with Gasteiger partial charge in [-0.3, -0.25) is 4.79 Å². The van der Waals surface area contributed by atoms with Crippen LogP contribution in [-0.4, -0.2) is 25.0 Å². The molecule has 1 atom stereocenters. The summed E-state index contributed by atoms with van der Waals surface area (Å²) < 4.78 is 0. The van der Waals surface area contributed by atoms with Crippen LogP contribution < -0.4 is 10.6 Å². The summed E-state index contributed by atoms with van der Waals surface area (Å²) in [5.74, 6) is 0.0219. The molecule has 1 fully saturated rings. The lowest BCUT2D eigenvalue weighted by molar-refractivity contribution is -0.117. The van der Waals surface area contributed by atoms with Crippen LogP contribution in [0.5, 0.6) is 0 Å². The van der Waals surface area contributed by atoms with E-state index in [0.29, 0.717) is 6.04 Å². The Morgan fingerprint density at radius 2 is 2.13 bits per heavy atom. The van der Waals surface area contributed by atoms with E-state index in [4.69, 9.17) is 0 Å². The quantitative estimate of drug-likeness (QED) is 0.709. The molecule has 0 spiro atoms. The predicted molar refractivity (Wildman–Crippen MR) is 65.3 cm³/mol. The highest BCUT2D eigenvalue weighted by Gasteiger charge is 2.15. The Hall–Kier alpha value is -0.540. The lowest BCUT2D eigenvalue weighted by atomic mass is 9.96. The van der Waals surface area contributed by atoms with Crippen molar-refractivity contribution in [2.24, 2.45) is 5.41 Å². The summed E-state index contributed by atoms with van der Waals surface area (Å²) in [5.41, 5.74) is 0.0747. The molecule has 1 amide bonds. The van der Waals surface area contributed by atoms with Crippen LogP contribution in [0.1, 0.15) is 27.2 Å². The molecule has 88 valence electrons. The summed E-state index contributed by atoms with van der Waals surface area (Å²) in [6, 6.07) is 0.312. The van der Waals surface area contributed by atoms with Gasteiger partial charge in [0.15, 0.2) is 0 Å². The maximum absolute atomic E-state index is 11.4. The second-order valence-corrected chi connectivity index (χ2v) is 4.90. The van der Waals surface area contributed by atoms with Gasteiger partial charge in [-0.1, -0.05) is 26.8 Å². The van der Waals surface area contributed by atoms with Crippen LogP contribution in [0.15, 0.2) is 12.2 Å². The molecule has 0 aromatic carbocycles. The SMILES string of the molecule is CC(C)(C)/C=C/C(=O)NC1CCNC1.Cl. The van der Waals surface area contributed by atoms with E-state index >= 15 is 0 Å². The second-order valence-electron chi connectivity index (χ2n) is 4.90. The van der Waals surface area contributed by atoms with E-state index < -0.39 is 0 Å². The minimum atomic E-state index is 0. The summed E-state index contributed by atoms with van der Waals surface area (Å²) in [6.07, 6.45) is 4.61. The van der Waals surface area contributed by atoms with Gasteiger partial charge in [-0.05, 0) is 24.5 Å². The van der Waals surface area contributed by atoms with E-state index in [2.05, 4.69) is 31.4 Å². The third-order valence-corrected chi connectivity index (χ3v) is 2.14. The lowest BCUT2D eigenvalue weighted by Gasteiger charge is -2.12. The molecule has 0 aliphatic carbocycles. The van der Waals surface area contributed by atoms with Gasteiger partial charge in [-0.15, -0.1) is 12.4 Å². The third kappa shape index (κ3) is 6.52. The van der Waals surface area contributed by atoms with E-state index in [1.807, 2.05) is 6.08 Å². The first-order valence-corrected chi connectivity index (χ1v) is 5.18. The number of carbonyl (C=O) groups is 1. The molecule has 1 unspecified atom stereocenters. The van der Waals surface area contributed by atoms with Crippen molar-refractivity contribution in [2.75, 3.05) is 13.1 Å². The molecular formula is C11H21ClN2O. The Bertz CT molecular complexity index is 227. The first-order chi connectivity index (χ1) is 6.47. The molecule has 0 saturated carbocycles. The van der Waals surface area contributed by atoms with Crippen molar-refractivity contribution in [2.45, 2.75) is 33.2 Å². The molecule has 2 N–H and O–H groups in total. The number of halogens is 1. The van der Waals surface area contributed by atoms with Crippen LogP contribution in [-0.2, 0) is 4.79 Å². The fourth-order valence-corrected chi connectivity index (χ4v) is 1.35. The second kappa shape index (κ2) is 6.13. The summed E-state index contributed by atoms with van der Waals surface area (Å²) in [7, 11) is 0. The number of hydrogen-bond donors (Lipinski definition) is 2. The third-order valence-electron chi connectivity index (χ3n) is 2.14. The van der Waals surface area contributed by atoms with Gasteiger partial charge >= 0.3 is 0 Å². The molecule has 1 rings (SSSR count). The molecule has 1 aliphatic rings. The van der Waals surface area contributed by atoms with Crippen molar-refractivity contribution in [1.29, 1.82) is 0 Å². The molecule has 1 aliphatic heterocycles. The fourth-order valence-electron chi connectivity index (χ4n) is 1.35. The number of hydrogen-bond acceptors (Lipinski definition) is 2. The average Bonchev–Trinajstić information content (AvgIpc) is 2.52. The zero-order valence-electron chi connectivity index (χ0n) is 9.67. The van der Waals surface area contributed by atoms with E-state index in [-0.39, 0.29) is 23.7 Å². The minimum absolute atomic E-state index is 0. The molecule has 3 nitrogen and oxygen atoms in total. The molecule has 0 aromatic rings. The highest BCUT2D eigenvalue weighted by Crippen LogP contribution is 2.14. The van der Waals surface area contributed by atoms with Crippen LogP contribution in [0.2, 0.25) is 0 Å². The number of rotatable bonds is 2. The van der Waals surface area contributed by atoms with E-state index in [0.717, 1.165) is 19.5 Å². The van der Waals surface area contributed by atoms with Gasteiger partial charge < -0.3 is 10.6 Å². The number of carbonyl (C=O) groups excluding carboxylic acids is 1. The van der Waals surface area contributed by atoms with Crippen LogP contribution in [0.25, 0.3) is 0 Å². The fraction of sp³-hybridized carbons (Fsp3) is 0.727. The highest BCUT2D eigenvalue weighted by atomic mass is 35.5. The van der Waals surface area contributed by atoms with Crippen molar-refractivity contribution >= 4 is 18.3 Å². The predicted octanol–water partition coefficient (Wildman–Crippen LogP) is 1.49. The Kier molecular flexibility index (Phi) is 5.91. The van der Waals surface area contributed by atoms with Gasteiger partial charge in [-0.2, -0.15) is 0 Å². The first-order valence-electron chi connectivity index (χ1n) is 5.18. The van der Waals surface area contributed by atoms with Crippen molar-refractivity contribution in [3.8, 4) is 0 Å². The smallest absolute Gasteiger partial charge is 0.243 e. The van der Waals surface area contributed by atoms with Crippen LogP contribution in [0, 0.1) is 5.41 Å². The Morgan fingerprint density at radius 3 is 2.60 bits per heavy atom. The van der Waals surface area contributed by atoms with Crippen LogP contribution >= 0.6 is 12.4 Å². The van der Waals surface area contributed by atoms with Gasteiger partial charge in [0.05, 0.1) is 0 Å². The molecule has 0 radical (unpaired) electrons. The Balaban J connectivity index is 0.00000196. The summed E-state index contributed by atoms with van der Waals surface area (Å²) in [4.78, 5) is 11.4. The molecule has 15 heavy (non-hydrogen) atoms. The monoisotopic (exact) mass is 232 g/mol. The molecule has 1 heterocycles. The average molecular weight is 233 g/mol. The van der Waals surface area contributed by atoms with Crippen LogP contribution in [0.3, 0.4) is 0 Å². The Morgan fingerprint density at radius 1 is 1.47 bits per heavy atom. The zero-order chi connectivity index (χ0) is 10.6. The molecular weight excluding hydrogens is 212 g/mol. The number of allylic oxidation sites excluding steroid dienone is 1. The summed E-state index contributed by atoms with van der Waals surface area (Å²) in [5, 5.41) is 6.17. The summed E-state index contributed by atoms with van der Waals surface area (Å²) >= 11 is 0. The normalized spacial score (nSPS) is 21.4. The van der Waals surface area contributed by atoms with E-state index in [1.165, 1.54) is 0 Å². The first kappa shape index (κ1) is 14.5. The Labute approximate surface area is 98.1 Å². The van der Waals surface area contributed by atoms with Gasteiger partial charge in [0.2, 0.25) is 5.91 Å². The van der Waals surface area contributed by atoms with E-state index in [9.17, 15) is 4.79 Å². The van der Waals surface area contributed by atoms with Gasteiger partial charge in [-0.25, -0.2) is 0 Å². The standard InChI is InChI=1S/C11H20N2O.ClH/c1-11(2,3)6-4-10(14)13-9-5-7-12-8-9;/h4,6,9,12H,5,7-8H2,1-3H3,(H,13,14);1H/b6-4+;.